The summed E-state index contributed by atoms with van der Waals surface area (Å²) in [6, 6.07) is 0.213. The quantitative estimate of drug-likeness (QED) is 0.648. The van der Waals surface area contributed by atoms with Gasteiger partial charge in [-0.05, 0) is 20.6 Å². The summed E-state index contributed by atoms with van der Waals surface area (Å²) >= 11 is 0. The Hall–Kier alpha value is -0.450. The van der Waals surface area contributed by atoms with Crippen molar-refractivity contribution in [2.24, 2.45) is 4.99 Å². The van der Waals surface area contributed by atoms with E-state index in [1.165, 1.54) is 0 Å². The smallest absolute Gasteiger partial charge is 0.0852 e. The lowest BCUT2D eigenvalue weighted by molar-refractivity contribution is 0.0598. The molecule has 1 saturated heterocycles. The van der Waals surface area contributed by atoms with Crippen molar-refractivity contribution in [3.8, 4) is 0 Å². The molecule has 1 aliphatic heterocycles. The molecule has 0 aliphatic carbocycles. The Morgan fingerprint density at radius 2 is 2.07 bits per heavy atom. The van der Waals surface area contributed by atoms with Crippen LogP contribution in [0.3, 0.4) is 0 Å². The molecule has 4 heteroatoms. The molecular weight excluding hydrogens is 190 g/mol. The molecule has 4 nitrogen and oxygen atoms in total. The summed E-state index contributed by atoms with van der Waals surface area (Å²) in [7, 11) is 0. The number of rotatable bonds is 6. The molecule has 0 aromatic rings. The van der Waals surface area contributed by atoms with Crippen LogP contribution in [0.15, 0.2) is 4.99 Å². The zero-order chi connectivity index (χ0) is 11.1. The molecule has 0 spiro atoms. The van der Waals surface area contributed by atoms with Crippen molar-refractivity contribution in [2.75, 3.05) is 39.3 Å². The topological polar surface area (TPSA) is 36.9 Å². The van der Waals surface area contributed by atoms with E-state index in [-0.39, 0.29) is 12.1 Å². The molecule has 1 rings (SSSR count). The van der Waals surface area contributed by atoms with E-state index >= 15 is 0 Å². The van der Waals surface area contributed by atoms with E-state index in [1.807, 2.05) is 13.8 Å². The molecule has 1 aliphatic rings. The average molecular weight is 213 g/mol. The lowest BCUT2D eigenvalue weighted by atomic mass is 10.2. The second-order valence-electron chi connectivity index (χ2n) is 4.27. The van der Waals surface area contributed by atoms with Gasteiger partial charge in [-0.2, -0.15) is 0 Å². The summed E-state index contributed by atoms with van der Waals surface area (Å²) < 4.78 is 5.56. The van der Waals surface area contributed by atoms with Gasteiger partial charge >= 0.3 is 0 Å². The molecule has 1 heterocycles. The molecule has 1 N–H and O–H groups in total. The standard InChI is InChI=1S/C11H23N3O/c1-10(2)15-9-11(12-3)8-14-6-4-13-5-7-14/h10-11,13H,3-9H2,1-2H3. The van der Waals surface area contributed by atoms with Crippen LogP contribution in [0.1, 0.15) is 13.8 Å². The average Bonchev–Trinajstić information content (AvgIpc) is 2.25. The predicted octanol–water partition coefficient (Wildman–Crippen LogP) is 0.386. The van der Waals surface area contributed by atoms with Crippen LogP contribution in [0.2, 0.25) is 0 Å². The molecule has 0 radical (unpaired) electrons. The van der Waals surface area contributed by atoms with Gasteiger partial charge in [0, 0.05) is 32.7 Å². The molecule has 15 heavy (non-hydrogen) atoms. The summed E-state index contributed by atoms with van der Waals surface area (Å²) in [5, 5.41) is 3.34. The van der Waals surface area contributed by atoms with E-state index in [1.54, 1.807) is 0 Å². The highest BCUT2D eigenvalue weighted by Crippen LogP contribution is 2.01. The number of hydrogen-bond acceptors (Lipinski definition) is 4. The molecular formula is C11H23N3O. The van der Waals surface area contributed by atoms with Crippen LogP contribution in [-0.4, -0.2) is 63.1 Å². The Kier molecular flexibility index (Phi) is 5.83. The number of piperazine rings is 1. The highest BCUT2D eigenvalue weighted by atomic mass is 16.5. The number of hydrogen-bond donors (Lipinski definition) is 1. The van der Waals surface area contributed by atoms with Crippen LogP contribution in [0.4, 0.5) is 0 Å². The Morgan fingerprint density at radius 3 is 2.60 bits per heavy atom. The van der Waals surface area contributed by atoms with Crippen molar-refractivity contribution < 1.29 is 4.74 Å². The largest absolute Gasteiger partial charge is 0.377 e. The normalized spacial score (nSPS) is 20.5. The molecule has 1 unspecified atom stereocenters. The van der Waals surface area contributed by atoms with E-state index in [9.17, 15) is 0 Å². The number of aliphatic imine (C=N–C) groups is 1. The fourth-order valence-electron chi connectivity index (χ4n) is 1.66. The minimum Gasteiger partial charge on any atom is -0.377 e. The second-order valence-corrected chi connectivity index (χ2v) is 4.27. The zero-order valence-electron chi connectivity index (χ0n) is 9.91. The molecule has 0 bridgehead atoms. The van der Waals surface area contributed by atoms with Crippen LogP contribution in [0.25, 0.3) is 0 Å². The Bertz CT molecular complexity index is 179. The van der Waals surface area contributed by atoms with E-state index in [0.717, 1.165) is 32.7 Å². The monoisotopic (exact) mass is 213 g/mol. The lowest BCUT2D eigenvalue weighted by Crippen LogP contribution is -2.46. The second kappa shape index (κ2) is 6.93. The van der Waals surface area contributed by atoms with Gasteiger partial charge in [-0.3, -0.25) is 9.89 Å². The first-order valence-electron chi connectivity index (χ1n) is 5.73. The maximum atomic E-state index is 5.56. The fourth-order valence-corrected chi connectivity index (χ4v) is 1.66. The van der Waals surface area contributed by atoms with Gasteiger partial charge in [-0.15, -0.1) is 0 Å². The van der Waals surface area contributed by atoms with Crippen LogP contribution in [0.5, 0.6) is 0 Å². The van der Waals surface area contributed by atoms with Gasteiger partial charge in [0.2, 0.25) is 0 Å². The predicted molar refractivity (Wildman–Crippen MR) is 63.7 cm³/mol. The summed E-state index contributed by atoms with van der Waals surface area (Å²) in [5.74, 6) is 0. The van der Waals surface area contributed by atoms with Gasteiger partial charge in [-0.1, -0.05) is 0 Å². The van der Waals surface area contributed by atoms with Crippen LogP contribution >= 0.6 is 0 Å². The van der Waals surface area contributed by atoms with Crippen LogP contribution in [-0.2, 0) is 4.74 Å². The summed E-state index contributed by atoms with van der Waals surface area (Å²) in [5.41, 5.74) is 0. The third kappa shape index (κ3) is 5.25. The first-order valence-corrected chi connectivity index (χ1v) is 5.73. The highest BCUT2D eigenvalue weighted by molar-refractivity contribution is 5.24. The minimum absolute atomic E-state index is 0.213. The summed E-state index contributed by atoms with van der Waals surface area (Å²) in [6.07, 6.45) is 0.275. The maximum Gasteiger partial charge on any atom is 0.0852 e. The van der Waals surface area contributed by atoms with Crippen LogP contribution in [0, 0.1) is 0 Å². The molecule has 1 fully saturated rings. The van der Waals surface area contributed by atoms with Crippen molar-refractivity contribution in [1.82, 2.24) is 10.2 Å². The van der Waals surface area contributed by atoms with Crippen molar-refractivity contribution >= 4 is 6.72 Å². The van der Waals surface area contributed by atoms with E-state index in [2.05, 4.69) is 21.9 Å². The minimum atomic E-state index is 0.213. The van der Waals surface area contributed by atoms with Gasteiger partial charge in [0.1, 0.15) is 0 Å². The number of nitrogens with one attached hydrogen (secondary N) is 1. The van der Waals surface area contributed by atoms with E-state index in [0.29, 0.717) is 6.61 Å². The van der Waals surface area contributed by atoms with Gasteiger partial charge in [0.15, 0.2) is 0 Å². The first kappa shape index (κ1) is 12.6. The number of nitrogens with zero attached hydrogens (tertiary/aromatic N) is 2. The van der Waals surface area contributed by atoms with Gasteiger partial charge < -0.3 is 10.1 Å². The SMILES string of the molecule is C=NC(COC(C)C)CN1CCNCC1. The fraction of sp³-hybridized carbons (Fsp3) is 0.909. The van der Waals surface area contributed by atoms with E-state index < -0.39 is 0 Å². The molecule has 88 valence electrons. The summed E-state index contributed by atoms with van der Waals surface area (Å²) in [4.78, 5) is 6.53. The highest BCUT2D eigenvalue weighted by Gasteiger charge is 2.15. The molecule has 0 aromatic carbocycles. The molecule has 0 aromatic heterocycles. The Labute approximate surface area is 92.7 Å². The Morgan fingerprint density at radius 1 is 1.40 bits per heavy atom. The molecule has 0 amide bonds. The first-order chi connectivity index (χ1) is 7.22. The number of ether oxygens (including phenoxy) is 1. The molecule has 0 saturated carbocycles. The van der Waals surface area contributed by atoms with Gasteiger partial charge in [-0.25, -0.2) is 0 Å². The van der Waals surface area contributed by atoms with Crippen molar-refractivity contribution in [3.63, 3.8) is 0 Å². The van der Waals surface area contributed by atoms with Crippen LogP contribution < -0.4 is 5.32 Å². The van der Waals surface area contributed by atoms with Gasteiger partial charge in [0.25, 0.3) is 0 Å². The van der Waals surface area contributed by atoms with E-state index in [4.69, 9.17) is 4.74 Å². The van der Waals surface area contributed by atoms with Crippen molar-refractivity contribution in [1.29, 1.82) is 0 Å². The third-order valence-corrected chi connectivity index (χ3v) is 2.56. The van der Waals surface area contributed by atoms with Crippen molar-refractivity contribution in [2.45, 2.75) is 26.0 Å². The summed E-state index contributed by atoms with van der Waals surface area (Å²) in [6.45, 7) is 13.7. The Balaban J connectivity index is 2.22. The zero-order valence-corrected chi connectivity index (χ0v) is 9.91. The maximum absolute atomic E-state index is 5.56. The molecule has 1 atom stereocenters. The van der Waals surface area contributed by atoms with Crippen molar-refractivity contribution in [3.05, 3.63) is 0 Å². The van der Waals surface area contributed by atoms with Gasteiger partial charge in [0.05, 0.1) is 18.8 Å². The third-order valence-electron chi connectivity index (χ3n) is 2.56. The lowest BCUT2D eigenvalue weighted by Gasteiger charge is -2.29.